The molecular weight excluding hydrogens is 412 g/mol. The number of benzene rings is 2. The number of rotatable bonds is 6. The standard InChI is InChI=1S/C21H17ClN2O6/c1-28-14-8-6-13(7-9-14)20(26)24-23-19(25)12-29-21(27)18-11-10-17(30-18)15-4-2-3-5-16(15)22/h2-11H,12H2,1H3,(H,23,25)(H,24,26). The number of hydrazine groups is 1. The second kappa shape index (κ2) is 9.62. The molecule has 0 unspecified atom stereocenters. The van der Waals surface area contributed by atoms with Crippen LogP contribution in [0.2, 0.25) is 5.02 Å². The summed E-state index contributed by atoms with van der Waals surface area (Å²) >= 11 is 6.10. The second-order valence-corrected chi connectivity index (χ2v) is 6.36. The van der Waals surface area contributed by atoms with Crippen molar-refractivity contribution < 1.29 is 28.3 Å². The molecule has 0 atom stereocenters. The summed E-state index contributed by atoms with van der Waals surface area (Å²) in [6.45, 7) is -0.607. The zero-order valence-corrected chi connectivity index (χ0v) is 16.6. The summed E-state index contributed by atoms with van der Waals surface area (Å²) in [5, 5.41) is 0.471. The summed E-state index contributed by atoms with van der Waals surface area (Å²) < 4.78 is 15.3. The Morgan fingerprint density at radius 1 is 0.967 bits per heavy atom. The molecule has 0 aliphatic heterocycles. The van der Waals surface area contributed by atoms with E-state index in [1.807, 2.05) is 0 Å². The van der Waals surface area contributed by atoms with Crippen LogP contribution in [-0.4, -0.2) is 31.5 Å². The van der Waals surface area contributed by atoms with Crippen LogP contribution in [0.3, 0.4) is 0 Å². The highest BCUT2D eigenvalue weighted by Gasteiger charge is 2.17. The summed E-state index contributed by atoms with van der Waals surface area (Å²) in [6.07, 6.45) is 0. The van der Waals surface area contributed by atoms with E-state index in [2.05, 4.69) is 10.9 Å². The first-order valence-corrected chi connectivity index (χ1v) is 9.11. The Bertz CT molecular complexity index is 1060. The van der Waals surface area contributed by atoms with Crippen LogP contribution >= 0.6 is 11.6 Å². The molecule has 1 aromatic heterocycles. The molecule has 0 aliphatic carbocycles. The molecule has 0 radical (unpaired) electrons. The van der Waals surface area contributed by atoms with E-state index in [0.29, 0.717) is 27.7 Å². The van der Waals surface area contributed by atoms with E-state index in [1.54, 1.807) is 42.5 Å². The quantitative estimate of drug-likeness (QED) is 0.461. The molecular formula is C21H17ClN2O6. The van der Waals surface area contributed by atoms with E-state index in [1.165, 1.54) is 25.3 Å². The highest BCUT2D eigenvalue weighted by atomic mass is 35.5. The Morgan fingerprint density at radius 3 is 2.40 bits per heavy atom. The van der Waals surface area contributed by atoms with Crippen molar-refractivity contribution in [3.05, 3.63) is 77.0 Å². The fraction of sp³-hybridized carbons (Fsp3) is 0.0952. The number of halogens is 1. The van der Waals surface area contributed by atoms with Gasteiger partial charge in [0.1, 0.15) is 11.5 Å². The second-order valence-electron chi connectivity index (χ2n) is 5.95. The monoisotopic (exact) mass is 428 g/mol. The number of methoxy groups -OCH3 is 1. The molecule has 3 aromatic rings. The molecule has 154 valence electrons. The number of hydrogen-bond acceptors (Lipinski definition) is 6. The molecule has 2 aromatic carbocycles. The lowest BCUT2D eigenvalue weighted by molar-refractivity contribution is -0.125. The minimum absolute atomic E-state index is 0.0833. The minimum atomic E-state index is -0.829. The molecule has 0 saturated carbocycles. The van der Waals surface area contributed by atoms with Crippen molar-refractivity contribution in [1.82, 2.24) is 10.9 Å². The van der Waals surface area contributed by atoms with Crippen molar-refractivity contribution in [2.24, 2.45) is 0 Å². The van der Waals surface area contributed by atoms with E-state index in [-0.39, 0.29) is 5.76 Å². The zero-order valence-electron chi connectivity index (χ0n) is 15.8. The van der Waals surface area contributed by atoms with E-state index in [0.717, 1.165) is 0 Å². The van der Waals surface area contributed by atoms with Gasteiger partial charge < -0.3 is 13.9 Å². The van der Waals surface area contributed by atoms with Crippen LogP contribution in [0.15, 0.2) is 65.1 Å². The van der Waals surface area contributed by atoms with E-state index >= 15 is 0 Å². The molecule has 2 N–H and O–H groups in total. The van der Waals surface area contributed by atoms with Gasteiger partial charge >= 0.3 is 5.97 Å². The molecule has 1 heterocycles. The average Bonchev–Trinajstić information content (AvgIpc) is 3.26. The molecule has 0 aliphatic rings. The predicted molar refractivity (Wildman–Crippen MR) is 108 cm³/mol. The fourth-order valence-electron chi connectivity index (χ4n) is 2.43. The molecule has 2 amide bonds. The number of carbonyl (C=O) groups is 3. The van der Waals surface area contributed by atoms with Crippen molar-refractivity contribution in [2.75, 3.05) is 13.7 Å². The number of hydrogen-bond donors (Lipinski definition) is 2. The van der Waals surface area contributed by atoms with Crippen LogP contribution < -0.4 is 15.6 Å². The largest absolute Gasteiger partial charge is 0.497 e. The predicted octanol–water partition coefficient (Wildman–Crippen LogP) is 3.23. The lowest BCUT2D eigenvalue weighted by atomic mass is 10.2. The first-order chi connectivity index (χ1) is 14.5. The Morgan fingerprint density at radius 2 is 1.70 bits per heavy atom. The van der Waals surface area contributed by atoms with Crippen LogP contribution in [0.1, 0.15) is 20.9 Å². The average molecular weight is 429 g/mol. The third-order valence-electron chi connectivity index (χ3n) is 3.95. The Balaban J connectivity index is 1.48. The number of nitrogens with one attached hydrogen (secondary N) is 2. The molecule has 30 heavy (non-hydrogen) atoms. The van der Waals surface area contributed by atoms with Crippen LogP contribution in [0, 0.1) is 0 Å². The highest BCUT2D eigenvalue weighted by Crippen LogP contribution is 2.29. The SMILES string of the molecule is COc1ccc(C(=O)NNC(=O)COC(=O)c2ccc(-c3ccccc3Cl)o2)cc1. The van der Waals surface area contributed by atoms with Gasteiger partial charge in [0.05, 0.1) is 12.1 Å². The van der Waals surface area contributed by atoms with Crippen molar-refractivity contribution in [3.63, 3.8) is 0 Å². The fourth-order valence-corrected chi connectivity index (χ4v) is 2.66. The minimum Gasteiger partial charge on any atom is -0.497 e. The van der Waals surface area contributed by atoms with Gasteiger partial charge in [-0.1, -0.05) is 23.7 Å². The summed E-state index contributed by atoms with van der Waals surface area (Å²) in [4.78, 5) is 35.9. The maximum absolute atomic E-state index is 12.1. The lowest BCUT2D eigenvalue weighted by Crippen LogP contribution is -2.43. The third kappa shape index (κ3) is 5.18. The molecule has 0 fully saturated rings. The third-order valence-corrected chi connectivity index (χ3v) is 4.28. The van der Waals surface area contributed by atoms with Crippen molar-refractivity contribution in [3.8, 4) is 17.1 Å². The highest BCUT2D eigenvalue weighted by molar-refractivity contribution is 6.33. The van der Waals surface area contributed by atoms with Crippen LogP contribution in [-0.2, 0) is 9.53 Å². The molecule has 9 heteroatoms. The Hall–Kier alpha value is -3.78. The van der Waals surface area contributed by atoms with Crippen LogP contribution in [0.5, 0.6) is 5.75 Å². The molecule has 0 saturated heterocycles. The van der Waals surface area contributed by atoms with Crippen molar-refractivity contribution in [1.29, 1.82) is 0 Å². The van der Waals surface area contributed by atoms with E-state index in [9.17, 15) is 14.4 Å². The van der Waals surface area contributed by atoms with Gasteiger partial charge in [0.2, 0.25) is 5.76 Å². The first kappa shape index (κ1) is 20.9. The zero-order chi connectivity index (χ0) is 21.5. The molecule has 3 rings (SSSR count). The number of ether oxygens (including phenoxy) is 2. The molecule has 0 bridgehead atoms. The van der Waals surface area contributed by atoms with Gasteiger partial charge in [-0.25, -0.2) is 4.79 Å². The van der Waals surface area contributed by atoms with Gasteiger partial charge in [0, 0.05) is 11.1 Å². The van der Waals surface area contributed by atoms with E-state index in [4.69, 9.17) is 25.5 Å². The van der Waals surface area contributed by atoms with Crippen LogP contribution in [0.4, 0.5) is 0 Å². The number of amides is 2. The molecule has 0 spiro atoms. The summed E-state index contributed by atoms with van der Waals surface area (Å²) in [7, 11) is 1.51. The van der Waals surface area contributed by atoms with Crippen LogP contribution in [0.25, 0.3) is 11.3 Å². The number of carbonyl (C=O) groups excluding carboxylic acids is 3. The van der Waals surface area contributed by atoms with Gasteiger partial charge in [-0.05, 0) is 48.5 Å². The van der Waals surface area contributed by atoms with Crippen molar-refractivity contribution in [2.45, 2.75) is 0 Å². The van der Waals surface area contributed by atoms with Gasteiger partial charge in [-0.3, -0.25) is 20.4 Å². The summed E-state index contributed by atoms with van der Waals surface area (Å²) in [5.41, 5.74) is 5.32. The first-order valence-electron chi connectivity index (χ1n) is 8.73. The maximum Gasteiger partial charge on any atom is 0.374 e. The van der Waals surface area contributed by atoms with Gasteiger partial charge in [-0.2, -0.15) is 0 Å². The smallest absolute Gasteiger partial charge is 0.374 e. The van der Waals surface area contributed by atoms with Crippen molar-refractivity contribution >= 4 is 29.4 Å². The van der Waals surface area contributed by atoms with E-state index < -0.39 is 24.4 Å². The van der Waals surface area contributed by atoms with Gasteiger partial charge in [0.25, 0.3) is 11.8 Å². The number of furan rings is 1. The summed E-state index contributed by atoms with van der Waals surface area (Å²) in [5.74, 6) is -1.18. The summed E-state index contributed by atoms with van der Waals surface area (Å²) in [6, 6.07) is 16.3. The Kier molecular flexibility index (Phi) is 6.71. The Labute approximate surface area is 176 Å². The normalized spacial score (nSPS) is 10.2. The molecule has 8 nitrogen and oxygen atoms in total. The van der Waals surface area contributed by atoms with Gasteiger partial charge in [-0.15, -0.1) is 0 Å². The topological polar surface area (TPSA) is 107 Å². The van der Waals surface area contributed by atoms with Gasteiger partial charge in [0.15, 0.2) is 6.61 Å². The lowest BCUT2D eigenvalue weighted by Gasteiger charge is -2.08. The maximum atomic E-state index is 12.1. The number of esters is 1.